The van der Waals surface area contributed by atoms with E-state index in [2.05, 4.69) is 31.9 Å². The van der Waals surface area contributed by atoms with Crippen LogP contribution >= 0.6 is 55.1 Å². The maximum absolute atomic E-state index is 13.3. The Morgan fingerprint density at radius 2 is 1.56 bits per heavy atom. The van der Waals surface area contributed by atoms with Crippen LogP contribution in [0.4, 0.5) is 8.78 Å². The summed E-state index contributed by atoms with van der Waals surface area (Å²) >= 11 is 18.1. The van der Waals surface area contributed by atoms with Crippen molar-refractivity contribution < 1.29 is 17.9 Å². The van der Waals surface area contributed by atoms with E-state index in [0.29, 0.717) is 32.3 Å². The van der Waals surface area contributed by atoms with Gasteiger partial charge in [0.1, 0.15) is 17.4 Å². The molecule has 0 N–H and O–H groups in total. The van der Waals surface area contributed by atoms with E-state index in [4.69, 9.17) is 32.4 Å². The van der Waals surface area contributed by atoms with E-state index >= 15 is 0 Å². The van der Waals surface area contributed by atoms with Crippen LogP contribution in [0.5, 0.6) is 5.75 Å². The van der Waals surface area contributed by atoms with E-state index in [0.717, 1.165) is 0 Å². The standard InChI is InChI=1S/C8H4Br2ClFO.C8H4ClFO.CH4/c9-6-5-4(12)2-1-3(11)7(5)13-8(6)10;9-6-1-2-7(10)5-3-4-11-8(5)6;/h1-2,6,8H;1-4H;1H4. The van der Waals surface area contributed by atoms with Gasteiger partial charge in [0.05, 0.1) is 26.5 Å². The van der Waals surface area contributed by atoms with Gasteiger partial charge in [-0.25, -0.2) is 8.78 Å². The van der Waals surface area contributed by atoms with Crippen molar-refractivity contribution in [3.05, 3.63) is 63.8 Å². The Morgan fingerprint density at radius 1 is 0.920 bits per heavy atom. The summed E-state index contributed by atoms with van der Waals surface area (Å²) < 4.78 is 36.5. The molecule has 8 heteroatoms. The molecule has 2 unspecified atom stereocenters. The first-order valence-electron chi connectivity index (χ1n) is 6.64. The molecule has 0 fully saturated rings. The second-order valence-electron chi connectivity index (χ2n) is 4.84. The molecule has 2 aromatic carbocycles. The number of furan rings is 1. The van der Waals surface area contributed by atoms with Crippen LogP contribution in [0.3, 0.4) is 0 Å². The zero-order chi connectivity index (χ0) is 17.4. The first kappa shape index (κ1) is 20.5. The number of halogens is 6. The molecule has 0 spiro atoms. The van der Waals surface area contributed by atoms with Crippen LogP contribution in [0.15, 0.2) is 41.0 Å². The van der Waals surface area contributed by atoms with Crippen molar-refractivity contribution in [1.29, 1.82) is 0 Å². The largest absolute Gasteiger partial charge is 0.476 e. The summed E-state index contributed by atoms with van der Waals surface area (Å²) in [6.45, 7) is 0. The summed E-state index contributed by atoms with van der Waals surface area (Å²) in [6, 6.07) is 7.17. The highest BCUT2D eigenvalue weighted by molar-refractivity contribution is 9.12. The molecule has 0 saturated carbocycles. The Bertz CT molecular complexity index is 866. The van der Waals surface area contributed by atoms with Gasteiger partial charge in [-0.1, -0.05) is 46.6 Å². The van der Waals surface area contributed by atoms with Gasteiger partial charge in [-0.2, -0.15) is 0 Å². The Kier molecular flexibility index (Phi) is 6.76. The van der Waals surface area contributed by atoms with Crippen molar-refractivity contribution in [1.82, 2.24) is 0 Å². The predicted octanol–water partition coefficient (Wildman–Crippen LogP) is 7.89. The van der Waals surface area contributed by atoms with Crippen molar-refractivity contribution in [2.75, 3.05) is 0 Å². The summed E-state index contributed by atoms with van der Waals surface area (Å²) in [6.07, 6.45) is 1.42. The number of benzene rings is 2. The summed E-state index contributed by atoms with van der Waals surface area (Å²) in [5, 5.41) is 1.03. The summed E-state index contributed by atoms with van der Waals surface area (Å²) in [4.78, 5) is -0.193. The second kappa shape index (κ2) is 8.25. The van der Waals surface area contributed by atoms with Gasteiger partial charge < -0.3 is 9.15 Å². The first-order valence-corrected chi connectivity index (χ1v) is 9.22. The summed E-state index contributed by atoms with van der Waals surface area (Å²) in [5.41, 5.74) is 0.890. The average molecular weight is 517 g/mol. The molecule has 1 aromatic heterocycles. The van der Waals surface area contributed by atoms with E-state index < -0.39 is 0 Å². The molecule has 2 atom stereocenters. The summed E-state index contributed by atoms with van der Waals surface area (Å²) in [7, 11) is 0. The third kappa shape index (κ3) is 3.97. The number of alkyl halides is 2. The minimum Gasteiger partial charge on any atom is -0.476 e. The third-order valence-electron chi connectivity index (χ3n) is 3.35. The minimum absolute atomic E-state index is 0. The molecule has 4 rings (SSSR count). The van der Waals surface area contributed by atoms with Crippen molar-refractivity contribution in [2.24, 2.45) is 0 Å². The Labute approximate surface area is 170 Å². The van der Waals surface area contributed by atoms with Gasteiger partial charge in [0.25, 0.3) is 0 Å². The van der Waals surface area contributed by atoms with Crippen molar-refractivity contribution in [2.45, 2.75) is 17.3 Å². The molecule has 0 aliphatic carbocycles. The van der Waals surface area contributed by atoms with Crippen molar-refractivity contribution in [3.63, 3.8) is 0 Å². The van der Waals surface area contributed by atoms with E-state index in [1.165, 1.54) is 30.5 Å². The fourth-order valence-corrected chi connectivity index (χ4v) is 3.63. The molecule has 2 nitrogen and oxygen atoms in total. The van der Waals surface area contributed by atoms with Crippen LogP contribution < -0.4 is 4.74 Å². The number of hydrogen-bond donors (Lipinski definition) is 0. The van der Waals surface area contributed by atoms with Crippen molar-refractivity contribution in [3.8, 4) is 5.75 Å². The Morgan fingerprint density at radius 3 is 2.20 bits per heavy atom. The number of ether oxygens (including phenoxy) is 1. The molecule has 25 heavy (non-hydrogen) atoms. The normalized spacial score (nSPS) is 18.0. The Hall–Kier alpha value is -0.820. The van der Waals surface area contributed by atoms with E-state index in [9.17, 15) is 8.78 Å². The lowest BCUT2D eigenvalue weighted by molar-refractivity contribution is 0.329. The number of rotatable bonds is 0. The lowest BCUT2D eigenvalue weighted by Crippen LogP contribution is -2.04. The van der Waals surface area contributed by atoms with Crippen LogP contribution in [0.2, 0.25) is 10.0 Å². The maximum Gasteiger partial charge on any atom is 0.170 e. The lowest BCUT2D eigenvalue weighted by atomic mass is 10.1. The molecule has 134 valence electrons. The molecule has 0 radical (unpaired) electrons. The van der Waals surface area contributed by atoms with Crippen molar-refractivity contribution >= 4 is 66.0 Å². The SMILES string of the molecule is C.Fc1ccc(Cl)c2c1C(Br)C(Br)O2.Fc1ccc(Cl)c2occc12. The second-order valence-corrected chi connectivity index (χ2v) is 7.54. The molecule has 0 bridgehead atoms. The third-order valence-corrected chi connectivity index (χ3v) is 6.30. The van der Waals surface area contributed by atoms with Crippen LogP contribution in [0, 0.1) is 11.6 Å². The maximum atomic E-state index is 13.3. The van der Waals surface area contributed by atoms with Gasteiger partial charge in [0.15, 0.2) is 10.6 Å². The number of fused-ring (bicyclic) bond motifs is 2. The topological polar surface area (TPSA) is 22.4 Å². The molecule has 0 amide bonds. The quantitative estimate of drug-likeness (QED) is 0.283. The van der Waals surface area contributed by atoms with Crippen LogP contribution in [-0.2, 0) is 0 Å². The first-order chi connectivity index (χ1) is 11.4. The van der Waals surface area contributed by atoms with E-state index in [1.807, 2.05) is 0 Å². The molecular weight excluding hydrogens is 505 g/mol. The van der Waals surface area contributed by atoms with Gasteiger partial charge in [0.2, 0.25) is 0 Å². The highest BCUT2D eigenvalue weighted by Crippen LogP contribution is 2.48. The average Bonchev–Trinajstić information content (AvgIpc) is 3.15. The molecule has 0 saturated heterocycles. The monoisotopic (exact) mass is 514 g/mol. The fraction of sp³-hybridized carbons (Fsp3) is 0.176. The highest BCUT2D eigenvalue weighted by atomic mass is 79.9. The fourth-order valence-electron chi connectivity index (χ4n) is 2.22. The van der Waals surface area contributed by atoms with Crippen LogP contribution in [0.25, 0.3) is 11.0 Å². The highest BCUT2D eigenvalue weighted by Gasteiger charge is 2.34. The number of hydrogen-bond acceptors (Lipinski definition) is 2. The zero-order valence-corrected chi connectivity index (χ0v) is 16.4. The lowest BCUT2D eigenvalue weighted by Gasteiger charge is -2.03. The van der Waals surface area contributed by atoms with Crippen LogP contribution in [0.1, 0.15) is 17.8 Å². The van der Waals surface area contributed by atoms with Gasteiger partial charge >= 0.3 is 0 Å². The molecule has 1 aliphatic heterocycles. The summed E-state index contributed by atoms with van der Waals surface area (Å²) in [5.74, 6) is -0.188. The van der Waals surface area contributed by atoms with E-state index in [1.54, 1.807) is 6.07 Å². The van der Waals surface area contributed by atoms with Crippen LogP contribution in [-0.4, -0.2) is 5.01 Å². The van der Waals surface area contributed by atoms with Gasteiger partial charge in [-0.05, 0) is 46.3 Å². The zero-order valence-electron chi connectivity index (χ0n) is 11.7. The minimum atomic E-state index is -0.307. The smallest absolute Gasteiger partial charge is 0.170 e. The Balaban J connectivity index is 0.000000175. The van der Waals surface area contributed by atoms with Gasteiger partial charge in [0, 0.05) is 5.56 Å². The van der Waals surface area contributed by atoms with E-state index in [-0.39, 0.29) is 28.9 Å². The van der Waals surface area contributed by atoms with Gasteiger partial charge in [-0.3, -0.25) is 0 Å². The predicted molar refractivity (Wildman–Crippen MR) is 104 cm³/mol. The molecule has 3 aromatic rings. The molecule has 1 aliphatic rings. The molecule has 2 heterocycles. The molecular formula is C17H12Br2Cl2F2O2. The van der Waals surface area contributed by atoms with Gasteiger partial charge in [-0.15, -0.1) is 0 Å².